The van der Waals surface area contributed by atoms with Crippen LogP contribution in [-0.4, -0.2) is 56.9 Å². The van der Waals surface area contributed by atoms with Gasteiger partial charge in [-0.2, -0.15) is 0 Å². The maximum atomic E-state index is 12.0. The lowest BCUT2D eigenvalue weighted by Crippen LogP contribution is -2.45. The summed E-state index contributed by atoms with van der Waals surface area (Å²) < 4.78 is 22.4. The number of nitrogens with zero attached hydrogens (tertiary/aromatic N) is 1. The van der Waals surface area contributed by atoms with Crippen molar-refractivity contribution in [2.75, 3.05) is 31.6 Å². The Morgan fingerprint density at radius 3 is 2.39 bits per heavy atom. The minimum atomic E-state index is -2.89. The van der Waals surface area contributed by atoms with E-state index in [9.17, 15) is 13.2 Å². The van der Waals surface area contributed by atoms with Gasteiger partial charge in [0.1, 0.15) is 9.84 Å². The van der Waals surface area contributed by atoms with Crippen LogP contribution in [0.5, 0.6) is 0 Å². The standard InChI is InChI=1S/C17H30N2O3S/c1-23(21,22)14-13-19-11-9-16(10-12-19)18-17(20)8-7-15-5-3-2-4-6-15/h7-8,15-16H,2-6,9-14H2,1H3,(H,18,20)/b8-7+. The van der Waals surface area contributed by atoms with Crippen LogP contribution in [0.2, 0.25) is 0 Å². The second-order valence-corrected chi connectivity index (χ2v) is 9.27. The number of hydrogen-bond donors (Lipinski definition) is 1. The molecule has 1 amide bonds. The molecule has 0 bridgehead atoms. The van der Waals surface area contributed by atoms with Crippen LogP contribution in [0.25, 0.3) is 0 Å². The van der Waals surface area contributed by atoms with Crippen LogP contribution in [-0.2, 0) is 14.6 Å². The van der Waals surface area contributed by atoms with Crippen molar-refractivity contribution in [2.24, 2.45) is 5.92 Å². The number of piperidine rings is 1. The monoisotopic (exact) mass is 342 g/mol. The van der Waals surface area contributed by atoms with E-state index in [2.05, 4.69) is 16.3 Å². The molecule has 1 N–H and O–H groups in total. The van der Waals surface area contributed by atoms with Crippen molar-refractivity contribution in [1.82, 2.24) is 10.2 Å². The van der Waals surface area contributed by atoms with Crippen LogP contribution in [0, 0.1) is 5.92 Å². The summed E-state index contributed by atoms with van der Waals surface area (Å²) in [4.78, 5) is 14.2. The highest BCUT2D eigenvalue weighted by Crippen LogP contribution is 2.24. The Balaban J connectivity index is 1.65. The van der Waals surface area contributed by atoms with Gasteiger partial charge in [-0.25, -0.2) is 8.42 Å². The molecule has 2 fully saturated rings. The molecular weight excluding hydrogens is 312 g/mol. The number of sulfone groups is 1. The molecule has 0 unspecified atom stereocenters. The summed E-state index contributed by atoms with van der Waals surface area (Å²) in [6.45, 7) is 2.31. The Morgan fingerprint density at radius 1 is 1.13 bits per heavy atom. The predicted molar refractivity (Wildman–Crippen MR) is 93.0 cm³/mol. The Kier molecular flexibility index (Phi) is 7.09. The van der Waals surface area contributed by atoms with Gasteiger partial charge in [0.05, 0.1) is 5.75 Å². The molecule has 132 valence electrons. The summed E-state index contributed by atoms with van der Waals surface area (Å²) in [5.74, 6) is 0.811. The Bertz CT molecular complexity index is 502. The summed E-state index contributed by atoms with van der Waals surface area (Å²) in [6.07, 6.45) is 13.2. The molecule has 0 aromatic carbocycles. The van der Waals surface area contributed by atoms with E-state index in [1.807, 2.05) is 0 Å². The Morgan fingerprint density at radius 2 is 1.78 bits per heavy atom. The number of nitrogens with one attached hydrogen (secondary N) is 1. The summed E-state index contributed by atoms with van der Waals surface area (Å²) in [6, 6.07) is 0.216. The third-order valence-electron chi connectivity index (χ3n) is 4.88. The lowest BCUT2D eigenvalue weighted by Gasteiger charge is -2.31. The second kappa shape index (κ2) is 8.83. The van der Waals surface area contributed by atoms with E-state index in [0.717, 1.165) is 25.9 Å². The van der Waals surface area contributed by atoms with E-state index >= 15 is 0 Å². The summed E-state index contributed by atoms with van der Waals surface area (Å²) in [7, 11) is -2.89. The van der Waals surface area contributed by atoms with Gasteiger partial charge in [-0.15, -0.1) is 0 Å². The van der Waals surface area contributed by atoms with Crippen LogP contribution in [0.1, 0.15) is 44.9 Å². The van der Waals surface area contributed by atoms with E-state index in [1.165, 1.54) is 38.4 Å². The molecule has 23 heavy (non-hydrogen) atoms. The largest absolute Gasteiger partial charge is 0.350 e. The summed E-state index contributed by atoms with van der Waals surface area (Å²) in [5, 5.41) is 3.08. The molecule has 0 spiro atoms. The zero-order valence-electron chi connectivity index (χ0n) is 14.2. The van der Waals surface area contributed by atoms with E-state index in [0.29, 0.717) is 12.5 Å². The van der Waals surface area contributed by atoms with E-state index in [4.69, 9.17) is 0 Å². The van der Waals surface area contributed by atoms with Crippen LogP contribution in [0.15, 0.2) is 12.2 Å². The molecule has 1 heterocycles. The first-order valence-corrected chi connectivity index (χ1v) is 10.9. The average molecular weight is 343 g/mol. The van der Waals surface area contributed by atoms with Crippen molar-refractivity contribution < 1.29 is 13.2 Å². The topological polar surface area (TPSA) is 66.5 Å². The van der Waals surface area contributed by atoms with Crippen molar-refractivity contribution in [3.8, 4) is 0 Å². The average Bonchev–Trinajstić information content (AvgIpc) is 2.53. The van der Waals surface area contributed by atoms with Gasteiger partial charge in [-0.05, 0) is 37.7 Å². The second-order valence-electron chi connectivity index (χ2n) is 7.01. The summed E-state index contributed by atoms with van der Waals surface area (Å²) in [5.41, 5.74) is 0. The van der Waals surface area contributed by atoms with Gasteiger partial charge in [0.2, 0.25) is 5.91 Å². The van der Waals surface area contributed by atoms with Crippen LogP contribution in [0.4, 0.5) is 0 Å². The van der Waals surface area contributed by atoms with Gasteiger partial charge >= 0.3 is 0 Å². The fraction of sp³-hybridized carbons (Fsp3) is 0.824. The van der Waals surface area contributed by atoms with Gasteiger partial charge in [-0.3, -0.25) is 4.79 Å². The predicted octanol–water partition coefficient (Wildman–Crippen LogP) is 1.75. The number of carbonyl (C=O) groups is 1. The van der Waals surface area contributed by atoms with Crippen molar-refractivity contribution in [3.05, 3.63) is 12.2 Å². The maximum Gasteiger partial charge on any atom is 0.243 e. The molecule has 1 saturated heterocycles. The zero-order chi connectivity index (χ0) is 16.7. The number of allylic oxidation sites excluding steroid dienone is 1. The van der Waals surface area contributed by atoms with Gasteiger partial charge in [0.25, 0.3) is 0 Å². The maximum absolute atomic E-state index is 12.0. The van der Waals surface area contributed by atoms with Crippen LogP contribution < -0.4 is 5.32 Å². The highest BCUT2D eigenvalue weighted by molar-refractivity contribution is 7.90. The smallest absolute Gasteiger partial charge is 0.243 e. The van der Waals surface area contributed by atoms with Crippen LogP contribution in [0.3, 0.4) is 0 Å². The number of rotatable bonds is 6. The first-order valence-electron chi connectivity index (χ1n) is 8.81. The van der Waals surface area contributed by atoms with Gasteiger partial charge in [0.15, 0.2) is 0 Å². The SMILES string of the molecule is CS(=O)(=O)CCN1CCC(NC(=O)/C=C/C2CCCCC2)CC1. The van der Waals surface area contributed by atoms with E-state index in [-0.39, 0.29) is 17.7 Å². The molecule has 0 radical (unpaired) electrons. The highest BCUT2D eigenvalue weighted by atomic mass is 32.2. The minimum Gasteiger partial charge on any atom is -0.350 e. The molecule has 0 atom stereocenters. The molecular formula is C17H30N2O3S. The molecule has 1 aliphatic carbocycles. The van der Waals surface area contributed by atoms with Gasteiger partial charge in [0, 0.05) is 31.9 Å². The van der Waals surface area contributed by atoms with E-state index < -0.39 is 9.84 Å². The Labute approximate surface area is 140 Å². The lowest BCUT2D eigenvalue weighted by atomic mass is 9.89. The number of hydrogen-bond acceptors (Lipinski definition) is 4. The highest BCUT2D eigenvalue weighted by Gasteiger charge is 2.20. The molecule has 0 aromatic heterocycles. The van der Waals surface area contributed by atoms with Crippen LogP contribution >= 0.6 is 0 Å². The first kappa shape index (κ1) is 18.5. The molecule has 1 aliphatic heterocycles. The fourth-order valence-electron chi connectivity index (χ4n) is 3.40. The minimum absolute atomic E-state index is 0.0187. The van der Waals surface area contributed by atoms with Crippen molar-refractivity contribution in [1.29, 1.82) is 0 Å². The number of amides is 1. The number of likely N-dealkylation sites (tertiary alicyclic amines) is 1. The fourth-order valence-corrected chi connectivity index (χ4v) is 3.99. The lowest BCUT2D eigenvalue weighted by molar-refractivity contribution is -0.117. The molecule has 2 rings (SSSR count). The van der Waals surface area contributed by atoms with Crippen molar-refractivity contribution in [2.45, 2.75) is 51.0 Å². The first-order chi connectivity index (χ1) is 10.9. The zero-order valence-corrected chi connectivity index (χ0v) is 15.0. The third kappa shape index (κ3) is 7.48. The van der Waals surface area contributed by atoms with Crippen molar-refractivity contribution >= 4 is 15.7 Å². The molecule has 6 heteroatoms. The van der Waals surface area contributed by atoms with Gasteiger partial charge < -0.3 is 10.2 Å². The van der Waals surface area contributed by atoms with Crippen molar-refractivity contribution in [3.63, 3.8) is 0 Å². The van der Waals surface area contributed by atoms with Gasteiger partial charge in [-0.1, -0.05) is 25.3 Å². The Hall–Kier alpha value is -0.880. The molecule has 0 aromatic rings. The summed E-state index contributed by atoms with van der Waals surface area (Å²) >= 11 is 0. The molecule has 1 saturated carbocycles. The number of carbonyl (C=O) groups excluding carboxylic acids is 1. The quantitative estimate of drug-likeness (QED) is 0.747. The molecule has 5 nitrogen and oxygen atoms in total. The third-order valence-corrected chi connectivity index (χ3v) is 5.81. The normalized spacial score (nSPS) is 22.5. The molecule has 2 aliphatic rings. The van der Waals surface area contributed by atoms with E-state index in [1.54, 1.807) is 6.08 Å².